The molecular weight excluding hydrogens is 282 g/mol. The van der Waals surface area contributed by atoms with E-state index in [4.69, 9.17) is 17.4 Å². The summed E-state index contributed by atoms with van der Waals surface area (Å²) in [4.78, 5) is 9.57. The van der Waals surface area contributed by atoms with Crippen molar-refractivity contribution < 1.29 is 0 Å². The Bertz CT molecular complexity index is 543. The van der Waals surface area contributed by atoms with E-state index in [9.17, 15) is 0 Å². The molecule has 0 aliphatic heterocycles. The van der Waals surface area contributed by atoms with Crippen LogP contribution in [-0.4, -0.2) is 9.97 Å². The van der Waals surface area contributed by atoms with Crippen LogP contribution in [0.25, 0.3) is 0 Å². The monoisotopic (exact) mass is 297 g/mol. The zero-order chi connectivity index (χ0) is 13.7. The van der Waals surface area contributed by atoms with Crippen molar-refractivity contribution in [2.45, 2.75) is 26.3 Å². The summed E-state index contributed by atoms with van der Waals surface area (Å²) in [5.41, 5.74) is 3.62. The zero-order valence-corrected chi connectivity index (χ0v) is 12.2. The summed E-state index contributed by atoms with van der Waals surface area (Å²) < 4.78 is 0.789. The molecule has 2 aromatic rings. The van der Waals surface area contributed by atoms with E-state index in [0.29, 0.717) is 12.4 Å². The molecule has 4 N–H and O–H groups in total. The van der Waals surface area contributed by atoms with Gasteiger partial charge in [-0.1, -0.05) is 24.9 Å². The molecule has 2 aromatic heterocycles. The van der Waals surface area contributed by atoms with Crippen LogP contribution in [0, 0.1) is 0 Å². The minimum absolute atomic E-state index is 0.670. The van der Waals surface area contributed by atoms with Crippen LogP contribution in [0.1, 0.15) is 23.8 Å². The molecule has 0 spiro atoms. The van der Waals surface area contributed by atoms with Crippen molar-refractivity contribution in [1.82, 2.24) is 9.97 Å². The van der Waals surface area contributed by atoms with Crippen LogP contribution < -0.4 is 16.6 Å². The molecule has 102 valence electrons. The average Bonchev–Trinajstić information content (AvgIpc) is 2.83. The van der Waals surface area contributed by atoms with Gasteiger partial charge in [-0.05, 0) is 18.6 Å². The number of nitrogens with one attached hydrogen (secondary N) is 2. The maximum atomic E-state index is 5.91. The van der Waals surface area contributed by atoms with E-state index in [1.165, 1.54) is 6.33 Å². The van der Waals surface area contributed by atoms with Crippen LogP contribution in [0.3, 0.4) is 0 Å². The van der Waals surface area contributed by atoms with E-state index in [1.807, 2.05) is 12.1 Å². The van der Waals surface area contributed by atoms with Gasteiger partial charge in [0.2, 0.25) is 0 Å². The molecule has 0 fully saturated rings. The molecule has 0 radical (unpaired) electrons. The van der Waals surface area contributed by atoms with Crippen molar-refractivity contribution in [3.63, 3.8) is 0 Å². The number of hydrogen-bond acceptors (Lipinski definition) is 6. The van der Waals surface area contributed by atoms with Crippen LogP contribution in [0.2, 0.25) is 4.34 Å². The third-order valence-corrected chi connectivity index (χ3v) is 3.87. The van der Waals surface area contributed by atoms with E-state index in [1.54, 1.807) is 11.3 Å². The first-order valence-electron chi connectivity index (χ1n) is 6.03. The number of aromatic nitrogens is 2. The molecule has 0 saturated heterocycles. The average molecular weight is 298 g/mol. The molecule has 0 atom stereocenters. The Morgan fingerprint density at radius 2 is 2.11 bits per heavy atom. The van der Waals surface area contributed by atoms with Crippen LogP contribution >= 0.6 is 22.9 Å². The van der Waals surface area contributed by atoms with E-state index >= 15 is 0 Å². The van der Waals surface area contributed by atoms with Crippen molar-refractivity contribution in [2.24, 2.45) is 5.84 Å². The number of nitrogen functional groups attached to an aromatic ring is 1. The Morgan fingerprint density at radius 1 is 1.32 bits per heavy atom. The van der Waals surface area contributed by atoms with Gasteiger partial charge in [0, 0.05) is 10.4 Å². The normalized spacial score (nSPS) is 10.5. The lowest BCUT2D eigenvalue weighted by Gasteiger charge is -2.12. The number of nitrogens with two attached hydrogens (primary N) is 1. The molecule has 5 nitrogen and oxygen atoms in total. The molecule has 0 saturated carbocycles. The lowest BCUT2D eigenvalue weighted by atomic mass is 10.1. The highest BCUT2D eigenvalue weighted by Crippen LogP contribution is 2.24. The highest BCUT2D eigenvalue weighted by atomic mass is 35.5. The second-order valence-corrected chi connectivity index (χ2v) is 5.80. The highest BCUT2D eigenvalue weighted by molar-refractivity contribution is 7.16. The number of hydrazine groups is 1. The Kier molecular flexibility index (Phi) is 4.95. The number of nitrogens with zero attached hydrogens (tertiary/aromatic N) is 2. The summed E-state index contributed by atoms with van der Waals surface area (Å²) in [5.74, 6) is 6.96. The number of thiophene rings is 1. The number of halogens is 1. The fraction of sp³-hybridized carbons (Fsp3) is 0.333. The number of anilines is 2. The summed E-state index contributed by atoms with van der Waals surface area (Å²) in [6, 6.07) is 3.89. The Labute approximate surface area is 121 Å². The smallest absolute Gasteiger partial charge is 0.148 e. The second kappa shape index (κ2) is 6.70. The molecule has 0 unspecified atom stereocenters. The topological polar surface area (TPSA) is 75.9 Å². The summed E-state index contributed by atoms with van der Waals surface area (Å²) in [5, 5.41) is 3.31. The van der Waals surface area contributed by atoms with Gasteiger partial charge >= 0.3 is 0 Å². The summed E-state index contributed by atoms with van der Waals surface area (Å²) in [6.45, 7) is 2.80. The van der Waals surface area contributed by atoms with Crippen LogP contribution in [-0.2, 0) is 13.0 Å². The van der Waals surface area contributed by atoms with E-state index in [0.717, 1.165) is 33.4 Å². The maximum absolute atomic E-state index is 5.91. The Hall–Kier alpha value is -1.37. The predicted molar refractivity (Wildman–Crippen MR) is 80.5 cm³/mol. The predicted octanol–water partition coefficient (Wildman–Crippen LogP) is 3.04. The molecule has 2 rings (SSSR count). The first kappa shape index (κ1) is 14.0. The largest absolute Gasteiger partial charge is 0.365 e. The quantitative estimate of drug-likeness (QED) is 0.564. The SMILES string of the molecule is CCCc1c(NN)ncnc1NCc1ccc(Cl)s1. The van der Waals surface area contributed by atoms with Crippen molar-refractivity contribution in [2.75, 3.05) is 10.7 Å². The lowest BCUT2D eigenvalue weighted by Crippen LogP contribution is -2.14. The summed E-state index contributed by atoms with van der Waals surface area (Å²) in [7, 11) is 0. The summed E-state index contributed by atoms with van der Waals surface area (Å²) in [6.07, 6.45) is 3.37. The highest BCUT2D eigenvalue weighted by Gasteiger charge is 2.10. The van der Waals surface area contributed by atoms with Crippen LogP contribution in [0.5, 0.6) is 0 Å². The molecule has 0 aliphatic carbocycles. The van der Waals surface area contributed by atoms with Gasteiger partial charge in [0.05, 0.1) is 10.9 Å². The first-order valence-corrected chi connectivity index (χ1v) is 7.22. The number of hydrogen-bond donors (Lipinski definition) is 3. The third kappa shape index (κ3) is 3.56. The van der Waals surface area contributed by atoms with Crippen molar-refractivity contribution in [3.05, 3.63) is 33.2 Å². The Morgan fingerprint density at radius 3 is 2.74 bits per heavy atom. The minimum atomic E-state index is 0.670. The fourth-order valence-electron chi connectivity index (χ4n) is 1.79. The lowest BCUT2D eigenvalue weighted by molar-refractivity contribution is 0.897. The maximum Gasteiger partial charge on any atom is 0.148 e. The van der Waals surface area contributed by atoms with Gasteiger partial charge in [0.1, 0.15) is 18.0 Å². The van der Waals surface area contributed by atoms with E-state index < -0.39 is 0 Å². The molecule has 0 aromatic carbocycles. The van der Waals surface area contributed by atoms with Gasteiger partial charge in [0.15, 0.2) is 0 Å². The fourth-order valence-corrected chi connectivity index (χ4v) is 2.82. The van der Waals surface area contributed by atoms with E-state index in [2.05, 4.69) is 27.6 Å². The molecular formula is C12H16ClN5S. The van der Waals surface area contributed by atoms with Gasteiger partial charge < -0.3 is 10.7 Å². The minimum Gasteiger partial charge on any atom is -0.365 e. The molecule has 0 amide bonds. The number of rotatable bonds is 6. The van der Waals surface area contributed by atoms with Crippen molar-refractivity contribution in [3.8, 4) is 0 Å². The second-order valence-electron chi connectivity index (χ2n) is 4.00. The molecule has 2 heterocycles. The first-order chi connectivity index (χ1) is 9.24. The van der Waals surface area contributed by atoms with E-state index in [-0.39, 0.29) is 0 Å². The standard InChI is InChI=1S/C12H16ClN5S/c1-2-3-9-11(16-7-17-12(9)18-14)15-6-8-4-5-10(13)19-8/h4-5,7H,2-3,6,14H2,1H3,(H2,15,16,17,18). The van der Waals surface area contributed by atoms with Gasteiger partial charge in [-0.25, -0.2) is 15.8 Å². The van der Waals surface area contributed by atoms with Crippen LogP contribution in [0.15, 0.2) is 18.5 Å². The van der Waals surface area contributed by atoms with Gasteiger partial charge in [0.25, 0.3) is 0 Å². The molecule has 0 bridgehead atoms. The van der Waals surface area contributed by atoms with Gasteiger partial charge in [-0.3, -0.25) is 0 Å². The molecule has 19 heavy (non-hydrogen) atoms. The Balaban J connectivity index is 2.14. The van der Waals surface area contributed by atoms with Crippen LogP contribution in [0.4, 0.5) is 11.6 Å². The van der Waals surface area contributed by atoms with Crippen molar-refractivity contribution >= 4 is 34.6 Å². The summed E-state index contributed by atoms with van der Waals surface area (Å²) >= 11 is 7.46. The molecule has 0 aliphatic rings. The molecule has 7 heteroatoms. The zero-order valence-electron chi connectivity index (χ0n) is 10.6. The third-order valence-electron chi connectivity index (χ3n) is 2.64. The van der Waals surface area contributed by atoms with Gasteiger partial charge in [-0.15, -0.1) is 11.3 Å². The van der Waals surface area contributed by atoms with Crippen molar-refractivity contribution in [1.29, 1.82) is 0 Å². The van der Waals surface area contributed by atoms with Gasteiger partial charge in [-0.2, -0.15) is 0 Å².